The molecule has 0 fully saturated rings. The van der Waals surface area contributed by atoms with Gasteiger partial charge in [0.2, 0.25) is 0 Å². The Bertz CT molecular complexity index is 791. The number of phenols is 2. The average Bonchev–Trinajstić information content (AvgIpc) is 2.56. The van der Waals surface area contributed by atoms with Crippen LogP contribution in [0.4, 0.5) is 5.69 Å². The number of rotatable bonds is 6. The standard InChI is InChI=1S/C15H13N3O6/c19-13-5-4-10(6-14(13)20)8-16-17-15(21)9-24-12-3-1-2-11(7-12)18(22)23/h1-8,19-20H,9H2,(H,17,21)/b16-8+. The molecule has 0 unspecified atom stereocenters. The zero-order valence-electron chi connectivity index (χ0n) is 12.2. The molecule has 2 aromatic rings. The van der Waals surface area contributed by atoms with Gasteiger partial charge in [-0.2, -0.15) is 5.10 Å². The van der Waals surface area contributed by atoms with Crippen molar-refractivity contribution in [1.82, 2.24) is 5.43 Å². The zero-order valence-corrected chi connectivity index (χ0v) is 12.2. The highest BCUT2D eigenvalue weighted by molar-refractivity contribution is 5.83. The highest BCUT2D eigenvalue weighted by atomic mass is 16.6. The predicted octanol–water partition coefficient (Wildman–Crippen LogP) is 1.54. The number of phenolic OH excluding ortho intramolecular Hbond substituents is 2. The predicted molar refractivity (Wildman–Crippen MR) is 84.1 cm³/mol. The maximum absolute atomic E-state index is 11.6. The van der Waals surface area contributed by atoms with Crippen LogP contribution < -0.4 is 10.2 Å². The van der Waals surface area contributed by atoms with E-state index in [0.29, 0.717) is 5.56 Å². The lowest BCUT2D eigenvalue weighted by Crippen LogP contribution is -2.24. The van der Waals surface area contributed by atoms with Crippen LogP contribution in [0.1, 0.15) is 5.56 Å². The molecule has 0 saturated heterocycles. The van der Waals surface area contributed by atoms with E-state index >= 15 is 0 Å². The third kappa shape index (κ3) is 4.70. The van der Waals surface area contributed by atoms with Crippen LogP contribution in [-0.2, 0) is 4.79 Å². The van der Waals surface area contributed by atoms with Crippen LogP contribution in [0, 0.1) is 10.1 Å². The van der Waals surface area contributed by atoms with E-state index in [-0.39, 0.29) is 29.5 Å². The maximum atomic E-state index is 11.6. The molecule has 24 heavy (non-hydrogen) atoms. The highest BCUT2D eigenvalue weighted by Gasteiger charge is 2.07. The van der Waals surface area contributed by atoms with E-state index in [0.717, 1.165) is 0 Å². The molecule has 9 heteroatoms. The number of carbonyl (C=O) groups excluding carboxylic acids is 1. The van der Waals surface area contributed by atoms with Crippen molar-refractivity contribution in [2.24, 2.45) is 5.10 Å². The Balaban J connectivity index is 1.85. The van der Waals surface area contributed by atoms with Gasteiger partial charge in [-0.3, -0.25) is 14.9 Å². The highest BCUT2D eigenvalue weighted by Crippen LogP contribution is 2.24. The van der Waals surface area contributed by atoms with Gasteiger partial charge >= 0.3 is 0 Å². The number of nitro groups is 1. The first-order valence-electron chi connectivity index (χ1n) is 6.67. The third-order valence-electron chi connectivity index (χ3n) is 2.80. The van der Waals surface area contributed by atoms with Crippen molar-refractivity contribution >= 4 is 17.8 Å². The summed E-state index contributed by atoms with van der Waals surface area (Å²) >= 11 is 0. The van der Waals surface area contributed by atoms with Gasteiger partial charge in [0.1, 0.15) is 5.75 Å². The second-order valence-corrected chi connectivity index (χ2v) is 4.58. The number of nitro benzene ring substituents is 1. The molecule has 2 rings (SSSR count). The van der Waals surface area contributed by atoms with Crippen molar-refractivity contribution in [3.05, 3.63) is 58.1 Å². The Morgan fingerprint density at radius 1 is 1.25 bits per heavy atom. The number of ether oxygens (including phenoxy) is 1. The fraction of sp³-hybridized carbons (Fsp3) is 0.0667. The van der Waals surface area contributed by atoms with Gasteiger partial charge in [0, 0.05) is 6.07 Å². The second-order valence-electron chi connectivity index (χ2n) is 4.58. The van der Waals surface area contributed by atoms with Crippen molar-refractivity contribution in [2.75, 3.05) is 6.61 Å². The molecule has 0 heterocycles. The molecule has 0 aromatic heterocycles. The Labute approximate surface area is 136 Å². The number of hydrazone groups is 1. The quantitative estimate of drug-likeness (QED) is 0.318. The van der Waals surface area contributed by atoms with Gasteiger partial charge < -0.3 is 14.9 Å². The van der Waals surface area contributed by atoms with Gasteiger partial charge in [0.05, 0.1) is 17.2 Å². The minimum atomic E-state index is -0.569. The summed E-state index contributed by atoms with van der Waals surface area (Å²) in [5.74, 6) is -0.951. The van der Waals surface area contributed by atoms with Gasteiger partial charge in [-0.05, 0) is 29.8 Å². The summed E-state index contributed by atoms with van der Waals surface area (Å²) in [6.45, 7) is -0.376. The van der Waals surface area contributed by atoms with Gasteiger partial charge in [0.15, 0.2) is 18.1 Å². The normalized spacial score (nSPS) is 10.5. The third-order valence-corrected chi connectivity index (χ3v) is 2.80. The first-order valence-corrected chi connectivity index (χ1v) is 6.67. The number of aromatic hydroxyl groups is 2. The molecule has 3 N–H and O–H groups in total. The number of carbonyl (C=O) groups is 1. The molecule has 0 spiro atoms. The van der Waals surface area contributed by atoms with Crippen LogP contribution in [-0.4, -0.2) is 33.9 Å². The first kappa shape index (κ1) is 16.7. The molecular weight excluding hydrogens is 318 g/mol. The van der Waals surface area contributed by atoms with Crippen molar-refractivity contribution < 1.29 is 24.7 Å². The number of amides is 1. The zero-order chi connectivity index (χ0) is 17.5. The number of non-ortho nitro benzene ring substituents is 1. The SMILES string of the molecule is O=C(COc1cccc([N+](=O)[O-])c1)N/N=C/c1ccc(O)c(O)c1. The molecule has 0 aliphatic heterocycles. The smallest absolute Gasteiger partial charge is 0.277 e. The molecule has 9 nitrogen and oxygen atoms in total. The molecule has 0 radical (unpaired) electrons. The molecule has 2 aromatic carbocycles. The number of hydrogen-bond acceptors (Lipinski definition) is 7. The fourth-order valence-corrected chi connectivity index (χ4v) is 1.67. The Morgan fingerprint density at radius 3 is 2.75 bits per heavy atom. The summed E-state index contributed by atoms with van der Waals surface area (Å²) in [7, 11) is 0. The average molecular weight is 331 g/mol. The van der Waals surface area contributed by atoms with E-state index in [1.54, 1.807) is 0 Å². The summed E-state index contributed by atoms with van der Waals surface area (Å²) in [6.07, 6.45) is 1.27. The van der Waals surface area contributed by atoms with Crippen molar-refractivity contribution in [3.8, 4) is 17.2 Å². The van der Waals surface area contributed by atoms with Crippen LogP contribution in [0.25, 0.3) is 0 Å². The topological polar surface area (TPSA) is 134 Å². The van der Waals surface area contributed by atoms with Gasteiger partial charge in [-0.25, -0.2) is 5.43 Å². The molecule has 0 aliphatic carbocycles. The van der Waals surface area contributed by atoms with E-state index in [1.807, 2.05) is 0 Å². The molecule has 1 amide bonds. The fourth-order valence-electron chi connectivity index (χ4n) is 1.67. The maximum Gasteiger partial charge on any atom is 0.277 e. The lowest BCUT2D eigenvalue weighted by molar-refractivity contribution is -0.384. The first-order chi connectivity index (χ1) is 11.5. The molecular formula is C15H13N3O6. The van der Waals surface area contributed by atoms with Crippen LogP contribution in [0.3, 0.4) is 0 Å². The number of nitrogens with one attached hydrogen (secondary N) is 1. The van der Waals surface area contributed by atoms with Crippen LogP contribution in [0.2, 0.25) is 0 Å². The number of nitrogens with zero attached hydrogens (tertiary/aromatic N) is 2. The monoisotopic (exact) mass is 331 g/mol. The van der Waals surface area contributed by atoms with E-state index in [2.05, 4.69) is 10.5 Å². The minimum absolute atomic E-state index is 0.141. The Morgan fingerprint density at radius 2 is 2.04 bits per heavy atom. The Hall–Kier alpha value is -3.62. The summed E-state index contributed by atoms with van der Waals surface area (Å²) in [5.41, 5.74) is 2.52. The number of hydrogen-bond donors (Lipinski definition) is 3. The van der Waals surface area contributed by atoms with Crippen molar-refractivity contribution in [1.29, 1.82) is 0 Å². The van der Waals surface area contributed by atoms with Crippen LogP contribution in [0.5, 0.6) is 17.2 Å². The van der Waals surface area contributed by atoms with Crippen molar-refractivity contribution in [3.63, 3.8) is 0 Å². The van der Waals surface area contributed by atoms with Gasteiger partial charge in [-0.15, -0.1) is 0 Å². The Kier molecular flexibility index (Phi) is 5.29. The largest absolute Gasteiger partial charge is 0.504 e. The molecule has 0 saturated carbocycles. The van der Waals surface area contributed by atoms with E-state index in [4.69, 9.17) is 9.84 Å². The van der Waals surface area contributed by atoms with Gasteiger partial charge in [0.25, 0.3) is 11.6 Å². The summed E-state index contributed by atoms with van der Waals surface area (Å²) < 4.78 is 5.13. The lowest BCUT2D eigenvalue weighted by Gasteiger charge is -2.04. The van der Waals surface area contributed by atoms with Crippen molar-refractivity contribution in [2.45, 2.75) is 0 Å². The minimum Gasteiger partial charge on any atom is -0.504 e. The summed E-state index contributed by atoms with van der Waals surface area (Å²) in [4.78, 5) is 21.6. The second kappa shape index (κ2) is 7.58. The molecule has 124 valence electrons. The molecule has 0 aliphatic rings. The molecule has 0 bridgehead atoms. The van der Waals surface area contributed by atoms with Gasteiger partial charge in [-0.1, -0.05) is 6.07 Å². The molecule has 0 atom stereocenters. The van der Waals surface area contributed by atoms with Crippen LogP contribution in [0.15, 0.2) is 47.6 Å². The van der Waals surface area contributed by atoms with E-state index in [1.165, 1.54) is 48.7 Å². The van der Waals surface area contributed by atoms with E-state index < -0.39 is 10.8 Å². The summed E-state index contributed by atoms with van der Waals surface area (Å²) in [6, 6.07) is 9.49. The number of benzene rings is 2. The van der Waals surface area contributed by atoms with E-state index in [9.17, 15) is 20.0 Å². The summed E-state index contributed by atoms with van der Waals surface area (Å²) in [5, 5.41) is 32.8. The lowest BCUT2D eigenvalue weighted by atomic mass is 10.2. The van der Waals surface area contributed by atoms with Crippen LogP contribution >= 0.6 is 0 Å².